The maximum Gasteiger partial charge on any atom is 0.252 e. The van der Waals surface area contributed by atoms with E-state index in [0.29, 0.717) is 23.0 Å². The number of aromatic amines is 1. The SMILES string of the molecule is Cc1cc(=O)[nH]c(-n2nc(-c3ccco3)cc2NC(=O)C2CCCC2)n1. The van der Waals surface area contributed by atoms with Crippen LogP contribution in [0, 0.1) is 12.8 Å². The fourth-order valence-corrected chi connectivity index (χ4v) is 3.26. The number of nitrogens with one attached hydrogen (secondary N) is 2. The Morgan fingerprint density at radius 2 is 2.15 bits per heavy atom. The number of amides is 1. The second kappa shape index (κ2) is 6.62. The largest absolute Gasteiger partial charge is 0.463 e. The minimum absolute atomic E-state index is 0.00919. The summed E-state index contributed by atoms with van der Waals surface area (Å²) in [4.78, 5) is 31.4. The molecule has 1 aliphatic carbocycles. The summed E-state index contributed by atoms with van der Waals surface area (Å²) in [6, 6.07) is 6.66. The van der Waals surface area contributed by atoms with Crippen LogP contribution in [0.1, 0.15) is 31.4 Å². The predicted molar refractivity (Wildman–Crippen MR) is 95.0 cm³/mol. The molecular formula is C18H19N5O3. The second-order valence-corrected chi connectivity index (χ2v) is 6.48. The number of aryl methyl sites for hydroxylation is 1. The number of furan rings is 1. The van der Waals surface area contributed by atoms with E-state index in [1.54, 1.807) is 31.4 Å². The van der Waals surface area contributed by atoms with E-state index < -0.39 is 0 Å². The monoisotopic (exact) mass is 353 g/mol. The average molecular weight is 353 g/mol. The Labute approximate surface area is 149 Å². The summed E-state index contributed by atoms with van der Waals surface area (Å²) in [5, 5.41) is 7.39. The molecule has 1 aliphatic rings. The van der Waals surface area contributed by atoms with Gasteiger partial charge in [-0.3, -0.25) is 14.6 Å². The lowest BCUT2D eigenvalue weighted by molar-refractivity contribution is -0.119. The van der Waals surface area contributed by atoms with Gasteiger partial charge < -0.3 is 9.73 Å². The van der Waals surface area contributed by atoms with Crippen molar-refractivity contribution < 1.29 is 9.21 Å². The Kier molecular flexibility index (Phi) is 4.16. The minimum atomic E-state index is -0.282. The van der Waals surface area contributed by atoms with Crippen LogP contribution in [-0.2, 0) is 4.79 Å². The topological polar surface area (TPSA) is 106 Å². The third-order valence-electron chi connectivity index (χ3n) is 4.52. The molecule has 3 heterocycles. The number of carbonyl (C=O) groups is 1. The maximum absolute atomic E-state index is 12.6. The highest BCUT2D eigenvalue weighted by molar-refractivity contribution is 5.92. The molecule has 1 saturated carbocycles. The van der Waals surface area contributed by atoms with Crippen molar-refractivity contribution in [3.8, 4) is 17.4 Å². The van der Waals surface area contributed by atoms with Crippen molar-refractivity contribution in [2.45, 2.75) is 32.6 Å². The standard InChI is InChI=1S/C18H19N5O3/c1-11-9-16(24)21-18(19-11)23-15(20-17(25)12-5-2-3-6-12)10-13(22-23)14-7-4-8-26-14/h4,7-10,12H,2-3,5-6H2,1H3,(H,20,25)(H,19,21,24). The highest BCUT2D eigenvalue weighted by Crippen LogP contribution is 2.28. The van der Waals surface area contributed by atoms with Gasteiger partial charge in [0, 0.05) is 23.7 Å². The van der Waals surface area contributed by atoms with E-state index in [1.807, 2.05) is 0 Å². The van der Waals surface area contributed by atoms with Crippen LogP contribution in [0.5, 0.6) is 0 Å². The summed E-state index contributed by atoms with van der Waals surface area (Å²) in [6.45, 7) is 1.73. The van der Waals surface area contributed by atoms with Gasteiger partial charge in [0.25, 0.3) is 5.56 Å². The summed E-state index contributed by atoms with van der Waals surface area (Å²) in [6.07, 6.45) is 5.48. The van der Waals surface area contributed by atoms with Crippen LogP contribution in [0.25, 0.3) is 17.4 Å². The zero-order valence-electron chi connectivity index (χ0n) is 14.4. The van der Waals surface area contributed by atoms with E-state index in [9.17, 15) is 9.59 Å². The molecule has 26 heavy (non-hydrogen) atoms. The minimum Gasteiger partial charge on any atom is -0.463 e. The number of hydrogen-bond donors (Lipinski definition) is 2. The molecule has 0 spiro atoms. The molecule has 8 heteroatoms. The van der Waals surface area contributed by atoms with E-state index in [2.05, 4.69) is 20.4 Å². The molecule has 1 fully saturated rings. The molecule has 0 aromatic carbocycles. The van der Waals surface area contributed by atoms with Gasteiger partial charge in [-0.25, -0.2) is 4.98 Å². The van der Waals surface area contributed by atoms with Gasteiger partial charge in [0.1, 0.15) is 11.5 Å². The van der Waals surface area contributed by atoms with Gasteiger partial charge in [-0.1, -0.05) is 12.8 Å². The molecule has 0 aliphatic heterocycles. The molecule has 8 nitrogen and oxygen atoms in total. The molecule has 4 rings (SSSR count). The van der Waals surface area contributed by atoms with E-state index in [1.165, 1.54) is 10.7 Å². The smallest absolute Gasteiger partial charge is 0.252 e. The zero-order valence-corrected chi connectivity index (χ0v) is 14.4. The first kappa shape index (κ1) is 16.3. The first-order chi connectivity index (χ1) is 12.6. The number of H-pyrrole nitrogens is 1. The van der Waals surface area contributed by atoms with Crippen LogP contribution in [0.15, 0.2) is 39.7 Å². The van der Waals surface area contributed by atoms with Gasteiger partial charge in [0.05, 0.1) is 6.26 Å². The highest BCUT2D eigenvalue weighted by Gasteiger charge is 2.25. The summed E-state index contributed by atoms with van der Waals surface area (Å²) < 4.78 is 6.82. The van der Waals surface area contributed by atoms with Crippen molar-refractivity contribution in [1.82, 2.24) is 19.7 Å². The average Bonchev–Trinajstić information content (AvgIpc) is 3.35. The van der Waals surface area contributed by atoms with Crippen LogP contribution in [0.2, 0.25) is 0 Å². The van der Waals surface area contributed by atoms with Crippen LogP contribution in [0.4, 0.5) is 5.82 Å². The van der Waals surface area contributed by atoms with Gasteiger partial charge >= 0.3 is 0 Å². The molecule has 0 radical (unpaired) electrons. The lowest BCUT2D eigenvalue weighted by atomic mass is 10.1. The lowest BCUT2D eigenvalue weighted by Crippen LogP contribution is -2.23. The van der Waals surface area contributed by atoms with Crippen LogP contribution >= 0.6 is 0 Å². The molecule has 0 unspecified atom stereocenters. The van der Waals surface area contributed by atoms with Crippen LogP contribution < -0.4 is 10.9 Å². The summed E-state index contributed by atoms with van der Waals surface area (Å²) >= 11 is 0. The number of rotatable bonds is 4. The molecule has 0 atom stereocenters. The van der Waals surface area contributed by atoms with Crippen molar-refractivity contribution >= 4 is 11.7 Å². The molecule has 3 aromatic rings. The van der Waals surface area contributed by atoms with Crippen molar-refractivity contribution in [1.29, 1.82) is 0 Å². The van der Waals surface area contributed by atoms with Crippen molar-refractivity contribution in [3.05, 3.63) is 46.6 Å². The Hall–Kier alpha value is -3.16. The van der Waals surface area contributed by atoms with Gasteiger partial charge in [-0.2, -0.15) is 9.78 Å². The molecule has 0 saturated heterocycles. The van der Waals surface area contributed by atoms with Crippen molar-refractivity contribution in [2.75, 3.05) is 5.32 Å². The molecule has 0 bridgehead atoms. The zero-order chi connectivity index (χ0) is 18.1. The van der Waals surface area contributed by atoms with Gasteiger partial charge in [0.2, 0.25) is 11.9 Å². The third kappa shape index (κ3) is 3.17. The van der Waals surface area contributed by atoms with E-state index >= 15 is 0 Å². The highest BCUT2D eigenvalue weighted by atomic mass is 16.3. The van der Waals surface area contributed by atoms with Gasteiger partial charge in [-0.15, -0.1) is 0 Å². The van der Waals surface area contributed by atoms with Crippen molar-refractivity contribution in [3.63, 3.8) is 0 Å². The van der Waals surface area contributed by atoms with Crippen LogP contribution in [-0.4, -0.2) is 25.7 Å². The normalized spacial score (nSPS) is 14.7. The fourth-order valence-electron chi connectivity index (χ4n) is 3.26. The number of aromatic nitrogens is 4. The first-order valence-corrected chi connectivity index (χ1v) is 8.63. The quantitative estimate of drug-likeness (QED) is 0.750. The lowest BCUT2D eigenvalue weighted by Gasteiger charge is -2.11. The summed E-state index contributed by atoms with van der Waals surface area (Å²) in [5.41, 5.74) is 0.823. The Balaban J connectivity index is 1.75. The van der Waals surface area contributed by atoms with Gasteiger partial charge in [-0.05, 0) is 31.9 Å². The first-order valence-electron chi connectivity index (χ1n) is 8.63. The van der Waals surface area contributed by atoms with E-state index in [-0.39, 0.29) is 23.3 Å². The Morgan fingerprint density at radius 1 is 1.35 bits per heavy atom. The molecule has 3 aromatic heterocycles. The van der Waals surface area contributed by atoms with E-state index in [4.69, 9.17) is 4.42 Å². The number of nitrogens with zero attached hydrogens (tertiary/aromatic N) is 3. The molecule has 134 valence electrons. The third-order valence-corrected chi connectivity index (χ3v) is 4.52. The Bertz CT molecular complexity index is 981. The number of carbonyl (C=O) groups excluding carboxylic acids is 1. The summed E-state index contributed by atoms with van der Waals surface area (Å²) in [5.74, 6) is 1.23. The molecule has 1 amide bonds. The number of anilines is 1. The van der Waals surface area contributed by atoms with Gasteiger partial charge in [0.15, 0.2) is 5.76 Å². The fraction of sp³-hybridized carbons (Fsp3) is 0.333. The second-order valence-electron chi connectivity index (χ2n) is 6.48. The molecular weight excluding hydrogens is 334 g/mol. The predicted octanol–water partition coefficient (Wildman–Crippen LogP) is 2.65. The Morgan fingerprint density at radius 3 is 2.85 bits per heavy atom. The maximum atomic E-state index is 12.6. The summed E-state index contributed by atoms with van der Waals surface area (Å²) in [7, 11) is 0. The molecule has 2 N–H and O–H groups in total. The number of hydrogen-bond acceptors (Lipinski definition) is 5. The van der Waals surface area contributed by atoms with Crippen molar-refractivity contribution in [2.24, 2.45) is 5.92 Å². The van der Waals surface area contributed by atoms with Crippen LogP contribution in [0.3, 0.4) is 0 Å². The van der Waals surface area contributed by atoms with E-state index in [0.717, 1.165) is 25.7 Å².